The molecule has 1 aromatic rings. The first-order valence-corrected chi connectivity index (χ1v) is 41.2. The molecule has 0 aliphatic heterocycles. The fraction of sp³-hybridized carbons (Fsp3) is 0.610. The van der Waals surface area contributed by atoms with E-state index in [9.17, 15) is 146 Å². The maximum atomic E-state index is 14.7. The van der Waals surface area contributed by atoms with Crippen molar-refractivity contribution in [3.8, 4) is 0 Å². The molecular formula is C77H123N23O30. The second-order valence-electron chi connectivity index (χ2n) is 30.7. The summed E-state index contributed by atoms with van der Waals surface area (Å²) in [5.74, 6) is -33.5. The van der Waals surface area contributed by atoms with Crippen molar-refractivity contribution >= 4 is 142 Å². The van der Waals surface area contributed by atoms with Crippen molar-refractivity contribution < 1.29 is 146 Å². The van der Waals surface area contributed by atoms with E-state index in [1.165, 1.54) is 27.7 Å². The largest absolute Gasteiger partial charge is 0.481 e. The van der Waals surface area contributed by atoms with E-state index in [-0.39, 0.29) is 58.2 Å². The summed E-state index contributed by atoms with van der Waals surface area (Å²) in [6.45, 7) is 8.13. The zero-order chi connectivity index (χ0) is 98.9. The lowest BCUT2D eigenvalue weighted by molar-refractivity contribution is -0.144. The van der Waals surface area contributed by atoms with Gasteiger partial charge in [0.2, 0.25) is 88.6 Å². The molecule has 0 saturated carbocycles. The van der Waals surface area contributed by atoms with Crippen LogP contribution in [0, 0.1) is 22.7 Å². The van der Waals surface area contributed by atoms with Crippen molar-refractivity contribution in [2.75, 3.05) is 19.6 Å². The van der Waals surface area contributed by atoms with Gasteiger partial charge < -0.3 is 155 Å². The lowest BCUT2D eigenvalue weighted by atomic mass is 9.96. The first-order chi connectivity index (χ1) is 60.8. The van der Waals surface area contributed by atoms with Crippen molar-refractivity contribution in [2.45, 2.75) is 267 Å². The van der Waals surface area contributed by atoms with Gasteiger partial charge in [0, 0.05) is 45.2 Å². The zero-order valence-corrected chi connectivity index (χ0v) is 72.5. The smallest absolute Gasteiger partial charge is 0.326 e. The van der Waals surface area contributed by atoms with Crippen LogP contribution in [0.2, 0.25) is 0 Å². The standard InChI is InChI=1S/C77H123N23O30/c1-7-36(4)59(73(127)93-41(18-13-29-85-76(81)82)64(118)89-43(20-24-52(103)104)63(117)87-37(5)61(115)94-47(31-39-15-9-8-10-16-39)69(123)88-42(19-14-30-86-77(83)84)67(121)98-58(35(2)3)75(129)130)99-68(122)46(23-27-55(109)110)91-65(119)44(21-25-53(105)106)90-66(120)45(22-26-54(107)108)92-70(124)48(32-51(80)102)96-71(125)49(33-56(111)112)97-74(128)60(38(6)101)100-72(126)50(34-57(113)114)95-62(116)40(79)17-11-12-28-78/h8-10,15-16,35-38,40-50,58-60,101H,7,11-14,17-34,78-79H2,1-6H3,(H2,80,102)(H,87,117)(H,88,123)(H,89,118)(H,90,120)(H,91,119)(H,92,124)(H,93,127)(H,94,115)(H,95,116)(H,96,125)(H,97,128)(H,98,121)(H,99,122)(H,100,126)(H,103,104)(H,105,106)(H,107,108)(H,109,110)(H,111,112)(H,113,114)(H,129,130)(H4,81,82,85)(H4,83,84,86)/t36-,37-,38+,40-,41-,42-,43-,44-,45-,46-,47-,48-,49-,50-,58-,59-,60-/m0/s1. The monoisotopic (exact) mass is 1850 g/mol. The molecule has 0 aliphatic carbocycles. The van der Waals surface area contributed by atoms with E-state index in [0.29, 0.717) is 18.4 Å². The molecule has 0 saturated heterocycles. The van der Waals surface area contributed by atoms with Crippen LogP contribution >= 0.6 is 0 Å². The second kappa shape index (κ2) is 59.1. The minimum atomic E-state index is -2.34. The fourth-order valence-corrected chi connectivity index (χ4v) is 12.1. The van der Waals surface area contributed by atoms with Gasteiger partial charge in [-0.1, -0.05) is 70.9 Å². The predicted octanol–water partition coefficient (Wildman–Crippen LogP) is -9.53. The number of hydrogen-bond acceptors (Lipinski definition) is 27. The molecule has 0 fully saturated rings. The first kappa shape index (κ1) is 114. The van der Waals surface area contributed by atoms with Crippen LogP contribution in [0.1, 0.15) is 169 Å². The molecule has 0 radical (unpaired) electrons. The van der Waals surface area contributed by atoms with E-state index >= 15 is 0 Å². The number of nitrogens with one attached hydrogen (secondary N) is 18. The van der Waals surface area contributed by atoms with Crippen molar-refractivity contribution in [3.05, 3.63) is 35.9 Å². The maximum absolute atomic E-state index is 14.7. The molecule has 1 rings (SSSR count). The number of carbonyl (C=O) groups excluding carboxylic acids is 15. The minimum absolute atomic E-state index is 0.00540. The summed E-state index contributed by atoms with van der Waals surface area (Å²) >= 11 is 0. The van der Waals surface area contributed by atoms with Gasteiger partial charge in [0.05, 0.1) is 31.4 Å². The number of amides is 15. The Bertz CT molecular complexity index is 4140. The maximum Gasteiger partial charge on any atom is 0.326 e. The third-order valence-corrected chi connectivity index (χ3v) is 19.5. The second-order valence-corrected chi connectivity index (χ2v) is 30.7. The highest BCUT2D eigenvalue weighted by Gasteiger charge is 2.41. The van der Waals surface area contributed by atoms with Gasteiger partial charge >= 0.3 is 41.8 Å². The highest BCUT2D eigenvalue weighted by atomic mass is 16.4. The number of hydrogen-bond donors (Lipinski definition) is 31. The number of benzene rings is 1. The lowest BCUT2D eigenvalue weighted by Gasteiger charge is -2.30. The minimum Gasteiger partial charge on any atom is -0.481 e. The molecule has 0 heterocycles. The number of carboxylic acid groups (broad SMARTS) is 7. The van der Waals surface area contributed by atoms with Crippen LogP contribution in [0.15, 0.2) is 30.3 Å². The third-order valence-electron chi connectivity index (χ3n) is 19.5. The number of primary amides is 1. The van der Waals surface area contributed by atoms with E-state index < -0.39 is 328 Å². The van der Waals surface area contributed by atoms with Crippen LogP contribution in [-0.4, -0.2) is 300 Å². The Kier molecular flexibility index (Phi) is 51.8. The van der Waals surface area contributed by atoms with E-state index in [0.717, 1.165) is 13.8 Å². The van der Waals surface area contributed by atoms with E-state index in [1.807, 2.05) is 21.3 Å². The number of nitrogens with two attached hydrogens (primary N) is 5. The summed E-state index contributed by atoms with van der Waals surface area (Å²) in [5, 5.41) is 130. The van der Waals surface area contributed by atoms with Gasteiger partial charge in [0.25, 0.3) is 0 Å². The molecule has 36 N–H and O–H groups in total. The molecule has 130 heavy (non-hydrogen) atoms. The van der Waals surface area contributed by atoms with Gasteiger partial charge in [-0.15, -0.1) is 0 Å². The van der Waals surface area contributed by atoms with E-state index in [4.69, 9.17) is 39.5 Å². The van der Waals surface area contributed by atoms with Crippen LogP contribution < -0.4 is 114 Å². The van der Waals surface area contributed by atoms with Gasteiger partial charge in [-0.2, -0.15) is 0 Å². The number of aliphatic hydroxyl groups excluding tert-OH is 1. The average Bonchev–Trinajstić information content (AvgIpc) is 0.856. The van der Waals surface area contributed by atoms with Crippen molar-refractivity contribution in [1.82, 2.24) is 85.1 Å². The topological polar surface area (TPSA) is 908 Å². The van der Waals surface area contributed by atoms with Crippen LogP contribution in [-0.2, 0) is 112 Å². The summed E-state index contributed by atoms with van der Waals surface area (Å²) in [7, 11) is 0. The number of aliphatic carboxylic acids is 7. The quantitative estimate of drug-likeness (QED) is 0.0164. The highest BCUT2D eigenvalue weighted by molar-refractivity contribution is 6.02. The van der Waals surface area contributed by atoms with E-state index in [1.54, 1.807) is 30.3 Å². The highest BCUT2D eigenvalue weighted by Crippen LogP contribution is 2.16. The molecule has 726 valence electrons. The third kappa shape index (κ3) is 45.4. The molecule has 0 bridgehead atoms. The molecule has 0 aromatic heterocycles. The van der Waals surface area contributed by atoms with Crippen LogP contribution in [0.5, 0.6) is 0 Å². The Morgan fingerprint density at radius 3 is 1.02 bits per heavy atom. The Balaban J connectivity index is 3.85. The zero-order valence-electron chi connectivity index (χ0n) is 72.5. The van der Waals surface area contributed by atoms with Crippen molar-refractivity contribution in [3.63, 3.8) is 0 Å². The van der Waals surface area contributed by atoms with Gasteiger partial charge in [0.1, 0.15) is 84.6 Å². The molecule has 15 amide bonds. The molecule has 53 heteroatoms. The van der Waals surface area contributed by atoms with E-state index in [2.05, 4.69) is 63.8 Å². The summed E-state index contributed by atoms with van der Waals surface area (Å²) in [5.41, 5.74) is 28.1. The Hall–Kier alpha value is -14.0. The molecule has 0 aliphatic rings. The summed E-state index contributed by atoms with van der Waals surface area (Å²) in [6, 6.07) is -20.0. The molecule has 0 unspecified atom stereocenters. The van der Waals surface area contributed by atoms with Crippen LogP contribution in [0.4, 0.5) is 0 Å². The SMILES string of the molecule is CC[C@H](C)[C@H](NC(=O)[C@H](CCC(=O)O)NC(=O)[C@H](CCC(=O)O)NC(=O)[C@H](CCC(=O)O)NC(=O)[C@H](CC(N)=O)NC(=O)[C@H](CC(=O)O)NC(=O)[C@@H](NC(=O)[C@H](CC(=O)O)NC(=O)[C@@H](N)CCCCN)[C@@H](C)O)C(=O)N[C@@H](CCCNC(=N)N)C(=O)N[C@@H](CCC(=O)O)C(=O)N[C@@H](C)C(=O)N[C@@H](Cc1ccccc1)C(=O)N[C@@H](CCCNC(=N)N)C(=O)N[C@H](C(=O)O)C(C)C. The Morgan fingerprint density at radius 2 is 0.662 bits per heavy atom. The molecule has 17 atom stereocenters. The summed E-state index contributed by atoms with van der Waals surface area (Å²) < 4.78 is 0. The number of rotatable bonds is 65. The average molecular weight is 1850 g/mol. The van der Waals surface area contributed by atoms with Crippen molar-refractivity contribution in [2.24, 2.45) is 40.5 Å². The number of carbonyl (C=O) groups is 22. The first-order valence-electron chi connectivity index (χ1n) is 41.2. The lowest BCUT2D eigenvalue weighted by Crippen LogP contribution is -2.62. The number of unbranched alkanes of at least 4 members (excludes halogenated alkanes) is 1. The van der Waals surface area contributed by atoms with Crippen LogP contribution in [0.3, 0.4) is 0 Å². The molecule has 0 spiro atoms. The van der Waals surface area contributed by atoms with Gasteiger partial charge in [-0.05, 0) is 102 Å². The predicted molar refractivity (Wildman–Crippen MR) is 451 cm³/mol. The Morgan fingerprint density at radius 1 is 0.346 bits per heavy atom. The Labute approximate surface area is 744 Å². The number of guanidine groups is 2. The molecule has 1 aromatic carbocycles. The van der Waals surface area contributed by atoms with Gasteiger partial charge in [0.15, 0.2) is 11.9 Å². The molecular weight excluding hydrogens is 1730 g/mol. The molecule has 53 nitrogen and oxygen atoms in total. The fourth-order valence-electron chi connectivity index (χ4n) is 12.1. The van der Waals surface area contributed by atoms with Gasteiger partial charge in [-0.25, -0.2) is 4.79 Å². The normalized spacial score (nSPS) is 14.9. The number of carboxylic acids is 7. The van der Waals surface area contributed by atoms with Crippen molar-refractivity contribution in [1.29, 1.82) is 10.8 Å². The summed E-state index contributed by atoms with van der Waals surface area (Å²) in [6.07, 6.45) is -13.0. The van der Waals surface area contributed by atoms with Gasteiger partial charge in [-0.3, -0.25) is 112 Å². The van der Waals surface area contributed by atoms with Crippen LogP contribution in [0.25, 0.3) is 0 Å². The summed E-state index contributed by atoms with van der Waals surface area (Å²) in [4.78, 5) is 294. The number of aliphatic hydroxyl groups is 1.